The van der Waals surface area contributed by atoms with Gasteiger partial charge in [-0.2, -0.15) is 5.21 Å². The second-order valence-corrected chi connectivity index (χ2v) is 6.27. The molecule has 0 spiro atoms. The molecule has 8 nitrogen and oxygen atoms in total. The zero-order valence-electron chi connectivity index (χ0n) is 11.8. The van der Waals surface area contributed by atoms with Crippen LogP contribution in [0.1, 0.15) is 42.0 Å². The van der Waals surface area contributed by atoms with E-state index in [1.54, 1.807) is 6.20 Å². The number of aromatic nitrogens is 6. The molecule has 3 aromatic heterocycles. The number of amides is 1. The molecule has 1 fully saturated rings. The molecule has 1 N–H and O–H groups in total. The predicted molar refractivity (Wildman–Crippen MR) is 79.4 cm³/mol. The van der Waals surface area contributed by atoms with Gasteiger partial charge in [-0.1, -0.05) is 18.1 Å². The van der Waals surface area contributed by atoms with Crippen molar-refractivity contribution in [2.75, 3.05) is 0 Å². The van der Waals surface area contributed by atoms with E-state index in [4.69, 9.17) is 0 Å². The average molecular weight is 317 g/mol. The maximum atomic E-state index is 13.0. The van der Waals surface area contributed by atoms with Crippen molar-refractivity contribution in [1.29, 1.82) is 0 Å². The van der Waals surface area contributed by atoms with Gasteiger partial charge in [0, 0.05) is 17.6 Å². The molecule has 1 saturated carbocycles. The van der Waals surface area contributed by atoms with E-state index in [0.29, 0.717) is 18.1 Å². The van der Waals surface area contributed by atoms with Gasteiger partial charge in [-0.05, 0) is 12.8 Å². The first-order valence-corrected chi connectivity index (χ1v) is 8.15. The highest BCUT2D eigenvalue weighted by molar-refractivity contribution is 7.15. The molecule has 3 heterocycles. The number of tetrazole rings is 1. The first-order valence-electron chi connectivity index (χ1n) is 7.27. The Morgan fingerprint density at radius 1 is 1.45 bits per heavy atom. The molecule has 1 amide bonds. The fourth-order valence-electron chi connectivity index (χ4n) is 3.02. The van der Waals surface area contributed by atoms with E-state index >= 15 is 0 Å². The van der Waals surface area contributed by atoms with E-state index in [2.05, 4.69) is 25.6 Å². The summed E-state index contributed by atoms with van der Waals surface area (Å²) in [6, 6.07) is 0.232. The third-order valence-corrected chi connectivity index (χ3v) is 4.86. The monoisotopic (exact) mass is 317 g/mol. The first kappa shape index (κ1) is 13.4. The van der Waals surface area contributed by atoms with Crippen LogP contribution in [-0.4, -0.2) is 46.9 Å². The average Bonchev–Trinajstić information content (AvgIpc) is 3.28. The lowest BCUT2D eigenvalue weighted by molar-refractivity contribution is 0.0651. The van der Waals surface area contributed by atoms with Gasteiger partial charge in [-0.15, -0.1) is 21.5 Å². The highest BCUT2D eigenvalue weighted by Gasteiger charge is 2.30. The van der Waals surface area contributed by atoms with Crippen LogP contribution in [0, 0.1) is 0 Å². The molecule has 0 atom stereocenters. The molecule has 0 radical (unpaired) electrons. The van der Waals surface area contributed by atoms with Crippen LogP contribution < -0.4 is 0 Å². The van der Waals surface area contributed by atoms with Crippen LogP contribution in [-0.2, 0) is 6.54 Å². The van der Waals surface area contributed by atoms with Gasteiger partial charge in [0.15, 0.2) is 10.8 Å². The summed E-state index contributed by atoms with van der Waals surface area (Å²) < 4.78 is 1.84. The number of nitrogens with zero attached hydrogens (tertiary/aromatic N) is 6. The van der Waals surface area contributed by atoms with Crippen LogP contribution in [0.3, 0.4) is 0 Å². The van der Waals surface area contributed by atoms with Gasteiger partial charge in [0.25, 0.3) is 5.91 Å². The van der Waals surface area contributed by atoms with Gasteiger partial charge in [-0.25, -0.2) is 4.98 Å². The molecule has 1 aliphatic carbocycles. The van der Waals surface area contributed by atoms with E-state index in [0.717, 1.165) is 30.6 Å². The van der Waals surface area contributed by atoms with E-state index in [1.807, 2.05) is 20.9 Å². The minimum Gasteiger partial charge on any atom is -0.327 e. The van der Waals surface area contributed by atoms with Gasteiger partial charge in [0.2, 0.25) is 0 Å². The quantitative estimate of drug-likeness (QED) is 0.787. The number of carbonyl (C=O) groups excluding carboxylic acids is 1. The Balaban J connectivity index is 1.66. The van der Waals surface area contributed by atoms with Gasteiger partial charge in [-0.3, -0.25) is 9.20 Å². The lowest BCUT2D eigenvalue weighted by Crippen LogP contribution is -2.39. The van der Waals surface area contributed by atoms with Crippen LogP contribution in [0.15, 0.2) is 17.8 Å². The Morgan fingerprint density at radius 2 is 2.32 bits per heavy atom. The summed E-state index contributed by atoms with van der Waals surface area (Å²) in [5.41, 5.74) is 0.589. The van der Waals surface area contributed by atoms with Crippen molar-refractivity contribution in [3.63, 3.8) is 0 Å². The minimum atomic E-state index is -0.0254. The normalized spacial score (nSPS) is 15.6. The van der Waals surface area contributed by atoms with Crippen molar-refractivity contribution in [2.24, 2.45) is 0 Å². The van der Waals surface area contributed by atoms with Gasteiger partial charge < -0.3 is 4.90 Å². The fraction of sp³-hybridized carbons (Fsp3) is 0.462. The molecule has 0 unspecified atom stereocenters. The highest BCUT2D eigenvalue weighted by Crippen LogP contribution is 2.26. The summed E-state index contributed by atoms with van der Waals surface area (Å²) in [7, 11) is 0. The van der Waals surface area contributed by atoms with Gasteiger partial charge in [0.1, 0.15) is 5.69 Å². The standard InChI is InChI=1S/C13H15N7OS/c21-12(10-7-14-13-19(10)5-6-22-13)20(9-3-1-2-4-9)8-11-15-17-18-16-11/h5-7,9H,1-4,8H2,(H,15,16,17,18). The van der Waals surface area contributed by atoms with Crippen molar-refractivity contribution in [3.8, 4) is 0 Å². The molecule has 0 aromatic carbocycles. The van der Waals surface area contributed by atoms with E-state index in [9.17, 15) is 4.79 Å². The predicted octanol–water partition coefficient (Wildman–Crippen LogP) is 1.49. The summed E-state index contributed by atoms with van der Waals surface area (Å²) in [6.45, 7) is 0.372. The van der Waals surface area contributed by atoms with E-state index < -0.39 is 0 Å². The molecule has 4 rings (SSSR count). The fourth-order valence-corrected chi connectivity index (χ4v) is 3.71. The van der Waals surface area contributed by atoms with Crippen LogP contribution in [0.25, 0.3) is 4.96 Å². The number of carbonyl (C=O) groups is 1. The number of imidazole rings is 1. The molecule has 0 aliphatic heterocycles. The Morgan fingerprint density at radius 3 is 3.09 bits per heavy atom. The Hall–Kier alpha value is -2.29. The third kappa shape index (κ3) is 2.27. The summed E-state index contributed by atoms with van der Waals surface area (Å²) >= 11 is 1.52. The first-order chi connectivity index (χ1) is 10.8. The number of thiazole rings is 1. The topological polar surface area (TPSA) is 92.1 Å². The van der Waals surface area contributed by atoms with Gasteiger partial charge >= 0.3 is 0 Å². The van der Waals surface area contributed by atoms with Crippen molar-refractivity contribution < 1.29 is 4.79 Å². The van der Waals surface area contributed by atoms with E-state index in [1.165, 1.54) is 11.3 Å². The highest BCUT2D eigenvalue weighted by atomic mass is 32.1. The molecule has 114 valence electrons. The number of aromatic amines is 1. The zero-order valence-corrected chi connectivity index (χ0v) is 12.7. The number of nitrogens with one attached hydrogen (secondary N) is 1. The minimum absolute atomic E-state index is 0.0254. The number of fused-ring (bicyclic) bond motifs is 1. The SMILES string of the molecule is O=C(c1cnc2sccn12)N(Cc1nn[nH]n1)C1CCCC1. The zero-order chi connectivity index (χ0) is 14.9. The molecule has 3 aromatic rings. The maximum absolute atomic E-state index is 13.0. The number of H-pyrrole nitrogens is 1. The van der Waals surface area contributed by atoms with Crippen LogP contribution in [0.2, 0.25) is 0 Å². The van der Waals surface area contributed by atoms with Gasteiger partial charge in [0.05, 0.1) is 12.7 Å². The van der Waals surface area contributed by atoms with Crippen LogP contribution >= 0.6 is 11.3 Å². The lowest BCUT2D eigenvalue weighted by Gasteiger charge is -2.27. The Kier molecular flexibility index (Phi) is 3.34. The van der Waals surface area contributed by atoms with Crippen molar-refractivity contribution in [3.05, 3.63) is 29.3 Å². The number of hydrogen-bond donors (Lipinski definition) is 1. The van der Waals surface area contributed by atoms with Crippen LogP contribution in [0.5, 0.6) is 0 Å². The summed E-state index contributed by atoms with van der Waals surface area (Å²) in [4.78, 5) is 20.0. The molecule has 1 aliphatic rings. The Bertz CT molecular complexity index is 771. The summed E-state index contributed by atoms with van der Waals surface area (Å²) in [5, 5.41) is 15.9. The second-order valence-electron chi connectivity index (χ2n) is 5.40. The number of hydrogen-bond acceptors (Lipinski definition) is 6. The second kappa shape index (κ2) is 5.48. The maximum Gasteiger partial charge on any atom is 0.273 e. The summed E-state index contributed by atoms with van der Waals surface area (Å²) in [6.07, 6.45) is 7.88. The molecular weight excluding hydrogens is 302 g/mol. The van der Waals surface area contributed by atoms with Crippen molar-refractivity contribution in [2.45, 2.75) is 38.3 Å². The molecular formula is C13H15N7OS. The van der Waals surface area contributed by atoms with Crippen molar-refractivity contribution in [1.82, 2.24) is 34.9 Å². The third-order valence-electron chi connectivity index (χ3n) is 4.09. The molecule has 9 heteroatoms. The lowest BCUT2D eigenvalue weighted by atomic mass is 10.2. The Labute approximate surface area is 130 Å². The summed E-state index contributed by atoms with van der Waals surface area (Å²) in [5.74, 6) is 0.508. The number of rotatable bonds is 4. The molecule has 0 bridgehead atoms. The smallest absolute Gasteiger partial charge is 0.273 e. The molecule has 0 saturated heterocycles. The molecule has 22 heavy (non-hydrogen) atoms. The van der Waals surface area contributed by atoms with Crippen LogP contribution in [0.4, 0.5) is 0 Å². The van der Waals surface area contributed by atoms with E-state index in [-0.39, 0.29) is 11.9 Å². The van der Waals surface area contributed by atoms with Crippen molar-refractivity contribution >= 4 is 22.2 Å². The largest absolute Gasteiger partial charge is 0.327 e.